The molecule has 2 nitrogen and oxygen atoms in total. The summed E-state index contributed by atoms with van der Waals surface area (Å²) in [6.45, 7) is 3.97. The van der Waals surface area contributed by atoms with Crippen LogP contribution in [0.5, 0.6) is 0 Å². The van der Waals surface area contributed by atoms with Crippen molar-refractivity contribution in [3.8, 4) is 0 Å². The highest BCUT2D eigenvalue weighted by atomic mass is 35.5. The molecule has 0 saturated carbocycles. The van der Waals surface area contributed by atoms with Crippen LogP contribution in [0.1, 0.15) is 34.8 Å². The minimum atomic E-state index is -0.407. The monoisotopic (exact) mass is 211 g/mol. The third kappa shape index (κ3) is 2.07. The highest BCUT2D eigenvalue weighted by molar-refractivity contribution is 6.32. The van der Waals surface area contributed by atoms with Crippen molar-refractivity contribution in [2.75, 3.05) is 0 Å². The topological polar surface area (TPSA) is 43.1 Å². The SMILES string of the molecule is CCCc1c(C(N)=O)ccc(C)c1Cl. The molecule has 3 heteroatoms. The molecule has 0 radical (unpaired) electrons. The van der Waals surface area contributed by atoms with Gasteiger partial charge in [0.15, 0.2) is 0 Å². The van der Waals surface area contributed by atoms with E-state index in [-0.39, 0.29) is 0 Å². The fourth-order valence-electron chi connectivity index (χ4n) is 1.46. The van der Waals surface area contributed by atoms with E-state index in [2.05, 4.69) is 0 Å². The Morgan fingerprint density at radius 3 is 2.64 bits per heavy atom. The van der Waals surface area contributed by atoms with E-state index in [9.17, 15) is 4.79 Å². The second-order valence-corrected chi connectivity index (χ2v) is 3.71. The van der Waals surface area contributed by atoms with E-state index in [1.54, 1.807) is 6.07 Å². The van der Waals surface area contributed by atoms with E-state index >= 15 is 0 Å². The minimum Gasteiger partial charge on any atom is -0.366 e. The molecule has 0 atom stereocenters. The van der Waals surface area contributed by atoms with Crippen LogP contribution in [-0.4, -0.2) is 5.91 Å². The second-order valence-electron chi connectivity index (χ2n) is 3.34. The molecule has 0 spiro atoms. The Kier molecular flexibility index (Phi) is 3.53. The van der Waals surface area contributed by atoms with Gasteiger partial charge in [0, 0.05) is 10.6 Å². The van der Waals surface area contributed by atoms with Gasteiger partial charge in [-0.15, -0.1) is 0 Å². The maximum Gasteiger partial charge on any atom is 0.249 e. The van der Waals surface area contributed by atoms with Gasteiger partial charge in [-0.25, -0.2) is 0 Å². The molecule has 1 amide bonds. The zero-order valence-electron chi connectivity index (χ0n) is 8.43. The van der Waals surface area contributed by atoms with Crippen LogP contribution in [-0.2, 0) is 6.42 Å². The first-order valence-corrected chi connectivity index (χ1v) is 5.03. The van der Waals surface area contributed by atoms with E-state index in [0.717, 1.165) is 24.0 Å². The molecular formula is C11H14ClNO. The minimum absolute atomic E-state index is 0.407. The van der Waals surface area contributed by atoms with Crippen molar-refractivity contribution in [3.63, 3.8) is 0 Å². The number of halogens is 1. The van der Waals surface area contributed by atoms with E-state index in [1.807, 2.05) is 19.9 Å². The van der Waals surface area contributed by atoms with E-state index in [4.69, 9.17) is 17.3 Å². The molecule has 0 aliphatic rings. The number of primary amides is 1. The van der Waals surface area contributed by atoms with Crippen molar-refractivity contribution in [1.82, 2.24) is 0 Å². The summed E-state index contributed by atoms with van der Waals surface area (Å²) < 4.78 is 0. The normalized spacial score (nSPS) is 10.2. The number of hydrogen-bond donors (Lipinski definition) is 1. The molecule has 0 saturated heterocycles. The zero-order valence-corrected chi connectivity index (χ0v) is 9.19. The number of aryl methyl sites for hydroxylation is 1. The van der Waals surface area contributed by atoms with Crippen LogP contribution in [0.2, 0.25) is 5.02 Å². The maximum atomic E-state index is 11.1. The number of carbonyl (C=O) groups is 1. The van der Waals surface area contributed by atoms with E-state index in [1.165, 1.54) is 0 Å². The lowest BCUT2D eigenvalue weighted by atomic mass is 10.00. The van der Waals surface area contributed by atoms with Crippen molar-refractivity contribution < 1.29 is 4.79 Å². The van der Waals surface area contributed by atoms with Gasteiger partial charge in [0.1, 0.15) is 0 Å². The van der Waals surface area contributed by atoms with Crippen LogP contribution >= 0.6 is 11.6 Å². The van der Waals surface area contributed by atoms with Gasteiger partial charge in [0.2, 0.25) is 5.91 Å². The molecule has 76 valence electrons. The van der Waals surface area contributed by atoms with Crippen LogP contribution in [0, 0.1) is 6.92 Å². The summed E-state index contributed by atoms with van der Waals surface area (Å²) in [5, 5.41) is 0.670. The quantitative estimate of drug-likeness (QED) is 0.821. The smallest absolute Gasteiger partial charge is 0.249 e. The molecule has 1 rings (SSSR count). The van der Waals surface area contributed by atoms with Crippen molar-refractivity contribution in [2.24, 2.45) is 5.73 Å². The lowest BCUT2D eigenvalue weighted by Gasteiger charge is -2.09. The number of rotatable bonds is 3. The first kappa shape index (κ1) is 11.1. The highest BCUT2D eigenvalue weighted by Crippen LogP contribution is 2.25. The molecule has 14 heavy (non-hydrogen) atoms. The van der Waals surface area contributed by atoms with Gasteiger partial charge in [0.25, 0.3) is 0 Å². The summed E-state index contributed by atoms with van der Waals surface area (Å²) >= 11 is 6.11. The van der Waals surface area contributed by atoms with Crippen molar-refractivity contribution in [3.05, 3.63) is 33.8 Å². The molecule has 2 N–H and O–H groups in total. The second kappa shape index (κ2) is 4.47. The largest absolute Gasteiger partial charge is 0.366 e. The molecule has 0 aliphatic carbocycles. The average molecular weight is 212 g/mol. The average Bonchev–Trinajstić information content (AvgIpc) is 2.13. The summed E-state index contributed by atoms with van der Waals surface area (Å²) in [4.78, 5) is 11.1. The molecule has 0 heterocycles. The van der Waals surface area contributed by atoms with Gasteiger partial charge in [-0.1, -0.05) is 31.0 Å². The fraction of sp³-hybridized carbons (Fsp3) is 0.364. The van der Waals surface area contributed by atoms with Crippen molar-refractivity contribution >= 4 is 17.5 Å². The highest BCUT2D eigenvalue weighted by Gasteiger charge is 2.12. The Morgan fingerprint density at radius 1 is 1.50 bits per heavy atom. The molecule has 0 aliphatic heterocycles. The molecule has 0 fully saturated rings. The van der Waals surface area contributed by atoms with Gasteiger partial charge >= 0.3 is 0 Å². The summed E-state index contributed by atoms with van der Waals surface area (Å²) in [5.74, 6) is -0.407. The maximum absolute atomic E-state index is 11.1. The number of amides is 1. The predicted molar refractivity (Wildman–Crippen MR) is 58.7 cm³/mol. The van der Waals surface area contributed by atoms with Gasteiger partial charge in [-0.05, 0) is 30.5 Å². The van der Waals surface area contributed by atoms with Gasteiger partial charge in [-0.3, -0.25) is 4.79 Å². The Labute approximate surface area is 89.1 Å². The zero-order chi connectivity index (χ0) is 10.7. The molecule has 0 unspecified atom stereocenters. The molecule has 1 aromatic rings. The number of nitrogens with two attached hydrogens (primary N) is 1. The first-order valence-electron chi connectivity index (χ1n) is 4.65. The van der Waals surface area contributed by atoms with Crippen LogP contribution in [0.15, 0.2) is 12.1 Å². The predicted octanol–water partition coefficient (Wildman–Crippen LogP) is 2.70. The molecule has 0 aromatic heterocycles. The van der Waals surface area contributed by atoms with Crippen LogP contribution in [0.25, 0.3) is 0 Å². The Hall–Kier alpha value is -1.02. The standard InChI is InChI=1S/C11H14ClNO/c1-3-4-8-9(11(13)14)6-5-7(2)10(8)12/h5-6H,3-4H2,1-2H3,(H2,13,14). The fourth-order valence-corrected chi connectivity index (χ4v) is 1.72. The van der Waals surface area contributed by atoms with Gasteiger partial charge in [-0.2, -0.15) is 0 Å². The number of carbonyl (C=O) groups excluding carboxylic acids is 1. The van der Waals surface area contributed by atoms with Crippen LogP contribution in [0.4, 0.5) is 0 Å². The summed E-state index contributed by atoms with van der Waals surface area (Å²) in [6.07, 6.45) is 1.74. The summed E-state index contributed by atoms with van der Waals surface area (Å²) in [7, 11) is 0. The Balaban J connectivity index is 3.29. The first-order chi connectivity index (χ1) is 6.57. The third-order valence-electron chi connectivity index (χ3n) is 2.20. The van der Waals surface area contributed by atoms with Crippen molar-refractivity contribution in [2.45, 2.75) is 26.7 Å². The molecule has 1 aromatic carbocycles. The Morgan fingerprint density at radius 2 is 2.14 bits per heavy atom. The number of hydrogen-bond acceptors (Lipinski definition) is 1. The molecular weight excluding hydrogens is 198 g/mol. The van der Waals surface area contributed by atoms with Crippen LogP contribution < -0.4 is 5.73 Å². The summed E-state index contributed by atoms with van der Waals surface area (Å²) in [6, 6.07) is 3.57. The van der Waals surface area contributed by atoms with Crippen LogP contribution in [0.3, 0.4) is 0 Å². The van der Waals surface area contributed by atoms with Crippen molar-refractivity contribution in [1.29, 1.82) is 0 Å². The summed E-state index contributed by atoms with van der Waals surface area (Å²) in [5.41, 5.74) is 7.67. The third-order valence-corrected chi connectivity index (χ3v) is 2.73. The van der Waals surface area contributed by atoms with Gasteiger partial charge in [0.05, 0.1) is 0 Å². The van der Waals surface area contributed by atoms with E-state index in [0.29, 0.717) is 10.6 Å². The Bertz CT molecular complexity index is 361. The van der Waals surface area contributed by atoms with Gasteiger partial charge < -0.3 is 5.73 Å². The van der Waals surface area contributed by atoms with E-state index < -0.39 is 5.91 Å². The molecule has 0 bridgehead atoms. The lowest BCUT2D eigenvalue weighted by molar-refractivity contribution is 0.0999. The lowest BCUT2D eigenvalue weighted by Crippen LogP contribution is -2.14. The number of benzene rings is 1.